The molecule has 0 saturated carbocycles. The Labute approximate surface area is 138 Å². The van der Waals surface area contributed by atoms with Crippen LogP contribution < -0.4 is 5.32 Å². The zero-order valence-electron chi connectivity index (χ0n) is 12.2. The van der Waals surface area contributed by atoms with Crippen molar-refractivity contribution < 1.29 is 4.39 Å². The SMILES string of the molecule is Fc1ccc(-c2cnnc(NCCc3ccc(Cl)cc3)n2)cc1. The van der Waals surface area contributed by atoms with E-state index in [1.165, 1.54) is 17.7 Å². The second kappa shape index (κ2) is 7.15. The zero-order valence-corrected chi connectivity index (χ0v) is 13.0. The van der Waals surface area contributed by atoms with Crippen LogP contribution in [0.5, 0.6) is 0 Å². The standard InChI is InChI=1S/C17H14ClFN4/c18-14-5-1-12(2-6-14)9-10-20-17-22-16(11-21-23-17)13-3-7-15(19)8-4-13/h1-8,11H,9-10H2,(H,20,22,23). The minimum absolute atomic E-state index is 0.280. The number of nitrogens with zero attached hydrogens (tertiary/aromatic N) is 3. The molecule has 23 heavy (non-hydrogen) atoms. The van der Waals surface area contributed by atoms with Gasteiger partial charge in [0.05, 0.1) is 11.9 Å². The Morgan fingerprint density at radius 1 is 1.00 bits per heavy atom. The van der Waals surface area contributed by atoms with Crippen LogP contribution in [0.4, 0.5) is 10.3 Å². The van der Waals surface area contributed by atoms with Gasteiger partial charge < -0.3 is 5.32 Å². The van der Waals surface area contributed by atoms with Gasteiger partial charge in [-0.05, 0) is 48.4 Å². The minimum atomic E-state index is -0.280. The molecule has 0 saturated heterocycles. The number of halogens is 2. The van der Waals surface area contributed by atoms with Crippen LogP contribution in [0.25, 0.3) is 11.3 Å². The van der Waals surface area contributed by atoms with Crippen molar-refractivity contribution >= 4 is 17.5 Å². The van der Waals surface area contributed by atoms with E-state index in [0.29, 0.717) is 18.2 Å². The van der Waals surface area contributed by atoms with Gasteiger partial charge in [-0.3, -0.25) is 0 Å². The molecule has 1 N–H and O–H groups in total. The first-order chi connectivity index (χ1) is 11.2. The number of benzene rings is 2. The van der Waals surface area contributed by atoms with E-state index >= 15 is 0 Å². The van der Waals surface area contributed by atoms with E-state index in [0.717, 1.165) is 17.0 Å². The Kier molecular flexibility index (Phi) is 4.78. The Morgan fingerprint density at radius 2 is 1.74 bits per heavy atom. The van der Waals surface area contributed by atoms with Crippen molar-refractivity contribution in [2.75, 3.05) is 11.9 Å². The van der Waals surface area contributed by atoms with Gasteiger partial charge in [0, 0.05) is 17.1 Å². The molecular formula is C17H14ClFN4. The summed E-state index contributed by atoms with van der Waals surface area (Å²) in [6.45, 7) is 0.677. The third kappa shape index (κ3) is 4.23. The van der Waals surface area contributed by atoms with Crippen LogP contribution in [0, 0.1) is 5.82 Å². The number of nitrogens with one attached hydrogen (secondary N) is 1. The summed E-state index contributed by atoms with van der Waals surface area (Å²) in [6.07, 6.45) is 2.37. The number of aromatic nitrogens is 3. The topological polar surface area (TPSA) is 50.7 Å². The van der Waals surface area contributed by atoms with Crippen LogP contribution in [0.2, 0.25) is 5.02 Å². The fraction of sp³-hybridized carbons (Fsp3) is 0.118. The largest absolute Gasteiger partial charge is 0.353 e. The molecule has 6 heteroatoms. The molecule has 0 bridgehead atoms. The quantitative estimate of drug-likeness (QED) is 0.769. The van der Waals surface area contributed by atoms with Gasteiger partial charge in [0.25, 0.3) is 0 Å². The van der Waals surface area contributed by atoms with Gasteiger partial charge in [0.1, 0.15) is 5.82 Å². The summed E-state index contributed by atoms with van der Waals surface area (Å²) in [5.41, 5.74) is 2.61. The van der Waals surface area contributed by atoms with E-state index in [9.17, 15) is 4.39 Å². The summed E-state index contributed by atoms with van der Waals surface area (Å²) in [5.74, 6) is 0.165. The highest BCUT2D eigenvalue weighted by atomic mass is 35.5. The maximum Gasteiger partial charge on any atom is 0.243 e. The lowest BCUT2D eigenvalue weighted by atomic mass is 10.1. The maximum absolute atomic E-state index is 13.0. The molecule has 1 aromatic heterocycles. The summed E-state index contributed by atoms with van der Waals surface area (Å²) in [5, 5.41) is 11.8. The second-order valence-electron chi connectivity index (χ2n) is 4.98. The molecule has 4 nitrogen and oxygen atoms in total. The summed E-state index contributed by atoms with van der Waals surface area (Å²) in [7, 11) is 0. The van der Waals surface area contributed by atoms with Crippen LogP contribution in [0.3, 0.4) is 0 Å². The molecule has 0 radical (unpaired) electrons. The van der Waals surface area contributed by atoms with Crippen molar-refractivity contribution in [3.8, 4) is 11.3 Å². The Balaban J connectivity index is 1.63. The molecule has 0 aliphatic carbocycles. The lowest BCUT2D eigenvalue weighted by molar-refractivity contribution is 0.628. The van der Waals surface area contributed by atoms with Gasteiger partial charge in [0.15, 0.2) is 0 Å². The molecule has 3 rings (SSSR count). The molecule has 0 amide bonds. The number of hydrogen-bond donors (Lipinski definition) is 1. The van der Waals surface area contributed by atoms with Gasteiger partial charge in [-0.1, -0.05) is 23.7 Å². The molecule has 0 atom stereocenters. The molecule has 0 fully saturated rings. The highest BCUT2D eigenvalue weighted by Crippen LogP contribution is 2.17. The summed E-state index contributed by atoms with van der Waals surface area (Å²) >= 11 is 5.86. The molecule has 0 spiro atoms. The zero-order chi connectivity index (χ0) is 16.1. The van der Waals surface area contributed by atoms with Crippen LogP contribution in [-0.4, -0.2) is 21.7 Å². The molecule has 3 aromatic rings. The predicted molar refractivity (Wildman–Crippen MR) is 88.9 cm³/mol. The average Bonchev–Trinajstić information content (AvgIpc) is 2.58. The third-order valence-corrected chi connectivity index (χ3v) is 3.56. The molecule has 116 valence electrons. The molecule has 2 aromatic carbocycles. The van der Waals surface area contributed by atoms with Crippen molar-refractivity contribution in [3.05, 3.63) is 71.1 Å². The van der Waals surface area contributed by atoms with Gasteiger partial charge >= 0.3 is 0 Å². The first-order valence-corrected chi connectivity index (χ1v) is 7.52. The highest BCUT2D eigenvalue weighted by molar-refractivity contribution is 6.30. The second-order valence-corrected chi connectivity index (χ2v) is 5.41. The first kappa shape index (κ1) is 15.4. The van der Waals surface area contributed by atoms with Crippen molar-refractivity contribution in [3.63, 3.8) is 0 Å². The molecule has 0 aliphatic rings. The van der Waals surface area contributed by atoms with Gasteiger partial charge in [-0.25, -0.2) is 9.37 Å². The van der Waals surface area contributed by atoms with E-state index in [4.69, 9.17) is 11.6 Å². The molecule has 0 unspecified atom stereocenters. The summed E-state index contributed by atoms with van der Waals surface area (Å²) in [4.78, 5) is 4.39. The molecular weight excluding hydrogens is 315 g/mol. The van der Waals surface area contributed by atoms with Crippen molar-refractivity contribution in [1.82, 2.24) is 15.2 Å². The monoisotopic (exact) mass is 328 g/mol. The fourth-order valence-corrected chi connectivity index (χ4v) is 2.23. The third-order valence-electron chi connectivity index (χ3n) is 3.31. The summed E-state index contributed by atoms with van der Waals surface area (Å²) in [6, 6.07) is 13.8. The van der Waals surface area contributed by atoms with E-state index in [2.05, 4.69) is 20.5 Å². The van der Waals surface area contributed by atoms with Crippen molar-refractivity contribution in [2.24, 2.45) is 0 Å². The van der Waals surface area contributed by atoms with Gasteiger partial charge in [0.2, 0.25) is 5.95 Å². The first-order valence-electron chi connectivity index (χ1n) is 7.15. The average molecular weight is 329 g/mol. The Morgan fingerprint density at radius 3 is 2.48 bits per heavy atom. The van der Waals surface area contributed by atoms with Crippen LogP contribution in [-0.2, 0) is 6.42 Å². The predicted octanol–water partition coefficient (Wildman–Crippen LogP) is 3.99. The van der Waals surface area contributed by atoms with Crippen LogP contribution in [0.1, 0.15) is 5.56 Å². The van der Waals surface area contributed by atoms with E-state index in [-0.39, 0.29) is 5.82 Å². The number of hydrogen-bond acceptors (Lipinski definition) is 4. The van der Waals surface area contributed by atoms with Gasteiger partial charge in [-0.2, -0.15) is 5.10 Å². The number of anilines is 1. The van der Waals surface area contributed by atoms with E-state index in [1.54, 1.807) is 18.3 Å². The Hall–Kier alpha value is -2.53. The lowest BCUT2D eigenvalue weighted by Crippen LogP contribution is -2.09. The Bertz CT molecular complexity index is 775. The molecule has 1 heterocycles. The van der Waals surface area contributed by atoms with Crippen LogP contribution in [0.15, 0.2) is 54.7 Å². The minimum Gasteiger partial charge on any atom is -0.353 e. The van der Waals surface area contributed by atoms with Gasteiger partial charge in [-0.15, -0.1) is 5.10 Å². The normalized spacial score (nSPS) is 10.5. The lowest BCUT2D eigenvalue weighted by Gasteiger charge is -2.06. The van der Waals surface area contributed by atoms with Crippen molar-refractivity contribution in [1.29, 1.82) is 0 Å². The smallest absolute Gasteiger partial charge is 0.243 e. The number of rotatable bonds is 5. The highest BCUT2D eigenvalue weighted by Gasteiger charge is 2.03. The fourth-order valence-electron chi connectivity index (χ4n) is 2.11. The van der Waals surface area contributed by atoms with E-state index < -0.39 is 0 Å². The van der Waals surface area contributed by atoms with Crippen molar-refractivity contribution in [2.45, 2.75) is 6.42 Å². The summed E-state index contributed by atoms with van der Waals surface area (Å²) < 4.78 is 13.0. The van der Waals surface area contributed by atoms with Crippen LogP contribution >= 0.6 is 11.6 Å². The molecule has 0 aliphatic heterocycles. The van der Waals surface area contributed by atoms with E-state index in [1.807, 2.05) is 24.3 Å². The maximum atomic E-state index is 13.0.